The molecule has 0 amide bonds. The number of rotatable bonds is 3. The van der Waals surface area contributed by atoms with E-state index < -0.39 is 0 Å². The molecule has 3 nitrogen and oxygen atoms in total. The molecule has 1 aromatic heterocycles. The highest BCUT2D eigenvalue weighted by molar-refractivity contribution is 7.09. The monoisotopic (exact) mass is 267 g/mol. The summed E-state index contributed by atoms with van der Waals surface area (Å²) >= 11 is 1.48. The van der Waals surface area contributed by atoms with Crippen LogP contribution in [0.3, 0.4) is 0 Å². The number of ether oxygens (including phenoxy) is 1. The van der Waals surface area contributed by atoms with Crippen molar-refractivity contribution in [3.8, 4) is 0 Å². The molecular weight excluding hydrogens is 246 g/mol. The zero-order valence-electron chi connectivity index (χ0n) is 10.8. The van der Waals surface area contributed by atoms with Crippen molar-refractivity contribution in [1.29, 1.82) is 0 Å². The molecule has 0 N–H and O–H groups in total. The third-order valence-electron chi connectivity index (χ3n) is 4.09. The number of thiazole rings is 1. The summed E-state index contributed by atoms with van der Waals surface area (Å²) in [5.41, 5.74) is 1.33. The van der Waals surface area contributed by atoms with Crippen LogP contribution < -0.4 is 4.87 Å². The van der Waals surface area contributed by atoms with E-state index in [-0.39, 0.29) is 4.87 Å². The van der Waals surface area contributed by atoms with Crippen LogP contribution in [0.15, 0.2) is 4.79 Å². The minimum atomic E-state index is 0.250. The average molecular weight is 267 g/mol. The Bertz CT molecular complexity index is 457. The van der Waals surface area contributed by atoms with Gasteiger partial charge in [-0.15, -0.1) is 0 Å². The summed E-state index contributed by atoms with van der Waals surface area (Å²) in [6.45, 7) is 1.76. The van der Waals surface area contributed by atoms with Crippen molar-refractivity contribution in [1.82, 2.24) is 4.57 Å². The molecule has 1 saturated heterocycles. The third kappa shape index (κ3) is 2.54. The minimum Gasteiger partial charge on any atom is -0.378 e. The van der Waals surface area contributed by atoms with Gasteiger partial charge in [-0.05, 0) is 44.9 Å². The number of hydrogen-bond acceptors (Lipinski definition) is 3. The molecule has 0 spiro atoms. The van der Waals surface area contributed by atoms with Crippen LogP contribution in [0.5, 0.6) is 0 Å². The molecule has 2 heterocycles. The quantitative estimate of drug-likeness (QED) is 0.789. The first-order chi connectivity index (χ1) is 8.84. The summed E-state index contributed by atoms with van der Waals surface area (Å²) in [4.78, 5) is 13.7. The fraction of sp³-hybridized carbons (Fsp3) is 0.786. The standard InChI is InChI=1S/C14H21NO2S/c16-14-15(9-8-11-5-4-10-17-11)12-6-2-1-3-7-13(12)18-14/h11H,1-10H2. The van der Waals surface area contributed by atoms with Gasteiger partial charge in [0.05, 0.1) is 6.10 Å². The van der Waals surface area contributed by atoms with E-state index >= 15 is 0 Å². The molecule has 4 heteroatoms. The molecule has 0 aromatic carbocycles. The maximum absolute atomic E-state index is 12.1. The molecule has 1 atom stereocenters. The lowest BCUT2D eigenvalue weighted by atomic mass is 10.1. The lowest BCUT2D eigenvalue weighted by molar-refractivity contribution is 0.1000. The smallest absolute Gasteiger partial charge is 0.307 e. The molecule has 2 aliphatic rings. The van der Waals surface area contributed by atoms with E-state index in [2.05, 4.69) is 0 Å². The fourth-order valence-corrected chi connectivity index (χ4v) is 4.17. The van der Waals surface area contributed by atoms with Gasteiger partial charge in [0.25, 0.3) is 0 Å². The van der Waals surface area contributed by atoms with E-state index in [0.717, 1.165) is 32.4 Å². The van der Waals surface area contributed by atoms with Crippen LogP contribution in [0, 0.1) is 0 Å². The zero-order valence-corrected chi connectivity index (χ0v) is 11.6. The largest absolute Gasteiger partial charge is 0.378 e. The first kappa shape index (κ1) is 12.4. The maximum Gasteiger partial charge on any atom is 0.307 e. The number of hydrogen-bond donors (Lipinski definition) is 0. The van der Waals surface area contributed by atoms with Crippen molar-refractivity contribution in [3.05, 3.63) is 20.2 Å². The highest BCUT2D eigenvalue weighted by atomic mass is 32.1. The first-order valence-electron chi connectivity index (χ1n) is 7.17. The Morgan fingerprint density at radius 2 is 2.11 bits per heavy atom. The molecule has 0 radical (unpaired) electrons. The Kier molecular flexibility index (Phi) is 3.85. The fourth-order valence-electron chi connectivity index (χ4n) is 3.08. The van der Waals surface area contributed by atoms with Crippen molar-refractivity contribution in [3.63, 3.8) is 0 Å². The van der Waals surface area contributed by atoms with E-state index in [0.29, 0.717) is 6.10 Å². The van der Waals surface area contributed by atoms with Crippen LogP contribution in [-0.2, 0) is 24.1 Å². The average Bonchev–Trinajstić information content (AvgIpc) is 2.90. The second kappa shape index (κ2) is 5.57. The lowest BCUT2D eigenvalue weighted by Gasteiger charge is -2.11. The van der Waals surface area contributed by atoms with E-state index in [9.17, 15) is 4.79 Å². The molecule has 1 aliphatic heterocycles. The van der Waals surface area contributed by atoms with Gasteiger partial charge >= 0.3 is 4.87 Å². The predicted octanol–water partition coefficient (Wildman–Crippen LogP) is 2.75. The van der Waals surface area contributed by atoms with Crippen molar-refractivity contribution >= 4 is 11.3 Å². The maximum atomic E-state index is 12.1. The van der Waals surface area contributed by atoms with Gasteiger partial charge in [0, 0.05) is 23.7 Å². The Morgan fingerprint density at radius 3 is 2.94 bits per heavy atom. The Hall–Kier alpha value is -0.610. The third-order valence-corrected chi connectivity index (χ3v) is 5.18. The van der Waals surface area contributed by atoms with Crippen molar-refractivity contribution in [2.45, 2.75) is 64.0 Å². The summed E-state index contributed by atoms with van der Waals surface area (Å²) in [5, 5.41) is 0. The van der Waals surface area contributed by atoms with Gasteiger partial charge < -0.3 is 9.30 Å². The summed E-state index contributed by atoms with van der Waals surface area (Å²) in [7, 11) is 0. The predicted molar refractivity (Wildman–Crippen MR) is 73.4 cm³/mol. The van der Waals surface area contributed by atoms with E-state index in [1.165, 1.54) is 54.0 Å². The SMILES string of the molecule is O=c1sc2c(n1CCC1CCCO1)CCCCC2. The summed E-state index contributed by atoms with van der Waals surface area (Å²) < 4.78 is 7.68. The van der Waals surface area contributed by atoms with Crippen LogP contribution in [0.4, 0.5) is 0 Å². The lowest BCUT2D eigenvalue weighted by Crippen LogP contribution is -2.19. The van der Waals surface area contributed by atoms with Gasteiger partial charge in [0.2, 0.25) is 0 Å². The minimum absolute atomic E-state index is 0.250. The first-order valence-corrected chi connectivity index (χ1v) is 7.99. The normalized spacial score (nSPS) is 23.9. The van der Waals surface area contributed by atoms with Gasteiger partial charge in [-0.2, -0.15) is 0 Å². The number of aryl methyl sites for hydroxylation is 1. The molecule has 100 valence electrons. The Labute approximate surface area is 112 Å². The van der Waals surface area contributed by atoms with E-state index in [4.69, 9.17) is 4.74 Å². The van der Waals surface area contributed by atoms with Gasteiger partial charge in [-0.3, -0.25) is 4.79 Å². The molecule has 1 unspecified atom stereocenters. The highest BCUT2D eigenvalue weighted by Crippen LogP contribution is 2.24. The molecule has 18 heavy (non-hydrogen) atoms. The molecule has 1 aromatic rings. The van der Waals surface area contributed by atoms with Crippen LogP contribution in [0.2, 0.25) is 0 Å². The second-order valence-electron chi connectivity index (χ2n) is 5.37. The topological polar surface area (TPSA) is 31.2 Å². The molecular formula is C14H21NO2S. The molecule has 3 rings (SSSR count). The van der Waals surface area contributed by atoms with Gasteiger partial charge in [-0.25, -0.2) is 0 Å². The number of nitrogens with zero attached hydrogens (tertiary/aromatic N) is 1. The van der Waals surface area contributed by atoms with Crippen molar-refractivity contribution < 1.29 is 4.74 Å². The summed E-state index contributed by atoms with van der Waals surface area (Å²) in [6, 6.07) is 0. The molecule has 1 aliphatic carbocycles. The van der Waals surface area contributed by atoms with E-state index in [1.807, 2.05) is 4.57 Å². The van der Waals surface area contributed by atoms with Crippen LogP contribution in [0.1, 0.15) is 49.1 Å². The number of aromatic nitrogens is 1. The van der Waals surface area contributed by atoms with Crippen LogP contribution >= 0.6 is 11.3 Å². The highest BCUT2D eigenvalue weighted by Gasteiger charge is 2.19. The van der Waals surface area contributed by atoms with Crippen molar-refractivity contribution in [2.75, 3.05) is 6.61 Å². The Morgan fingerprint density at radius 1 is 1.22 bits per heavy atom. The summed E-state index contributed by atoms with van der Waals surface area (Å²) in [5.74, 6) is 0. The summed E-state index contributed by atoms with van der Waals surface area (Å²) in [6.07, 6.45) is 9.74. The van der Waals surface area contributed by atoms with Crippen LogP contribution in [-0.4, -0.2) is 17.3 Å². The molecule has 0 saturated carbocycles. The van der Waals surface area contributed by atoms with Gasteiger partial charge in [0.1, 0.15) is 0 Å². The van der Waals surface area contributed by atoms with Gasteiger partial charge in [0.15, 0.2) is 0 Å². The van der Waals surface area contributed by atoms with Crippen molar-refractivity contribution in [2.24, 2.45) is 0 Å². The molecule has 0 bridgehead atoms. The molecule has 1 fully saturated rings. The van der Waals surface area contributed by atoms with Gasteiger partial charge in [-0.1, -0.05) is 17.8 Å². The Balaban J connectivity index is 1.74. The van der Waals surface area contributed by atoms with E-state index in [1.54, 1.807) is 0 Å². The number of fused-ring (bicyclic) bond motifs is 1. The van der Waals surface area contributed by atoms with Crippen LogP contribution in [0.25, 0.3) is 0 Å². The zero-order chi connectivity index (χ0) is 12.4. The second-order valence-corrected chi connectivity index (χ2v) is 6.42.